The fraction of sp³-hybridized carbons (Fsp3) is 0.429. The van der Waals surface area contributed by atoms with Crippen LogP contribution in [-0.4, -0.2) is 27.6 Å². The van der Waals surface area contributed by atoms with Crippen molar-refractivity contribution in [3.05, 3.63) is 46.8 Å². The first-order valence-corrected chi connectivity index (χ1v) is 6.61. The molecule has 1 aromatic carbocycles. The van der Waals surface area contributed by atoms with Crippen LogP contribution in [0.3, 0.4) is 0 Å². The summed E-state index contributed by atoms with van der Waals surface area (Å²) in [5.74, 6) is 0.520. The summed E-state index contributed by atoms with van der Waals surface area (Å²) in [6.07, 6.45) is 0.630. The van der Waals surface area contributed by atoms with E-state index in [4.69, 9.17) is 9.15 Å². The van der Waals surface area contributed by atoms with Crippen molar-refractivity contribution in [1.82, 2.24) is 9.78 Å². The van der Waals surface area contributed by atoms with Gasteiger partial charge < -0.3 is 14.3 Å². The van der Waals surface area contributed by atoms with Crippen molar-refractivity contribution in [2.75, 3.05) is 6.61 Å². The highest BCUT2D eigenvalue weighted by Gasteiger charge is 2.12. The van der Waals surface area contributed by atoms with Gasteiger partial charge >= 0.3 is 5.76 Å². The molecule has 0 aliphatic carbocycles. The van der Waals surface area contributed by atoms with Crippen molar-refractivity contribution in [3.63, 3.8) is 0 Å². The van der Waals surface area contributed by atoms with E-state index in [1.165, 1.54) is 0 Å². The van der Waals surface area contributed by atoms with Gasteiger partial charge in [0.05, 0.1) is 6.54 Å². The van der Waals surface area contributed by atoms with Gasteiger partial charge in [-0.3, -0.25) is 0 Å². The molecule has 20 heavy (non-hydrogen) atoms. The second kappa shape index (κ2) is 6.91. The molecule has 0 saturated heterocycles. The van der Waals surface area contributed by atoms with E-state index in [0.717, 1.165) is 11.1 Å². The number of hydrogen-bond donors (Lipinski definition) is 1. The molecule has 1 aromatic heterocycles. The number of ether oxygens (including phenoxy) is 1. The van der Waals surface area contributed by atoms with Crippen molar-refractivity contribution in [1.29, 1.82) is 0 Å². The Morgan fingerprint density at radius 3 is 2.85 bits per heavy atom. The zero-order valence-corrected chi connectivity index (χ0v) is 11.4. The number of nitrogens with zero attached hydrogens (tertiary/aromatic N) is 2. The molecular formula is C14H18N2O4. The molecule has 0 aliphatic rings. The first-order valence-electron chi connectivity index (χ1n) is 6.61. The summed E-state index contributed by atoms with van der Waals surface area (Å²) >= 11 is 0. The van der Waals surface area contributed by atoms with Crippen LogP contribution in [0.2, 0.25) is 0 Å². The van der Waals surface area contributed by atoms with Crippen molar-refractivity contribution in [2.45, 2.75) is 32.4 Å². The molecule has 2 rings (SSSR count). The normalized spacial score (nSPS) is 12.3. The second-order valence-electron chi connectivity index (χ2n) is 4.47. The minimum absolute atomic E-state index is 0.0544. The van der Waals surface area contributed by atoms with E-state index in [1.807, 2.05) is 25.1 Å². The third-order valence-corrected chi connectivity index (χ3v) is 2.68. The first-order chi connectivity index (χ1) is 9.69. The van der Waals surface area contributed by atoms with Crippen LogP contribution in [0.15, 0.2) is 39.5 Å². The van der Waals surface area contributed by atoms with Crippen LogP contribution in [0.1, 0.15) is 19.2 Å². The zero-order chi connectivity index (χ0) is 14.4. The van der Waals surface area contributed by atoms with Crippen LogP contribution in [0.25, 0.3) is 0 Å². The van der Waals surface area contributed by atoms with Gasteiger partial charge in [-0.2, -0.15) is 4.68 Å². The lowest BCUT2D eigenvalue weighted by Crippen LogP contribution is -2.29. The highest BCUT2D eigenvalue weighted by molar-refractivity contribution is 5.20. The second-order valence-corrected chi connectivity index (χ2v) is 4.47. The van der Waals surface area contributed by atoms with Crippen molar-refractivity contribution >= 4 is 0 Å². The number of aliphatic hydroxyl groups is 1. The Balaban J connectivity index is 1.88. The zero-order valence-electron chi connectivity index (χ0n) is 11.4. The van der Waals surface area contributed by atoms with E-state index in [2.05, 4.69) is 5.10 Å². The molecule has 0 saturated carbocycles. The Kier molecular flexibility index (Phi) is 4.95. The monoisotopic (exact) mass is 278 g/mol. The SMILES string of the molecule is CCCc1nn(C[C@@H](O)COc2ccccc2)c(=O)o1. The molecule has 1 N–H and O–H groups in total. The molecule has 0 fully saturated rings. The fourth-order valence-corrected chi connectivity index (χ4v) is 1.74. The van der Waals surface area contributed by atoms with Gasteiger partial charge in [0.15, 0.2) is 0 Å². The molecule has 0 spiro atoms. The molecule has 0 bridgehead atoms. The topological polar surface area (TPSA) is 77.5 Å². The van der Waals surface area contributed by atoms with Crippen LogP contribution >= 0.6 is 0 Å². The summed E-state index contributed by atoms with van der Waals surface area (Å²) in [6, 6.07) is 9.18. The fourth-order valence-electron chi connectivity index (χ4n) is 1.74. The molecule has 108 valence electrons. The standard InChI is InChI=1S/C14H18N2O4/c1-2-6-13-15-16(14(18)20-13)9-11(17)10-19-12-7-4-3-5-8-12/h3-5,7-8,11,17H,2,6,9-10H2,1H3/t11-/m1/s1. The average Bonchev–Trinajstić information content (AvgIpc) is 2.78. The smallest absolute Gasteiger partial charge is 0.437 e. The molecule has 1 atom stereocenters. The predicted molar refractivity (Wildman–Crippen MR) is 72.7 cm³/mol. The summed E-state index contributed by atoms with van der Waals surface area (Å²) in [5, 5.41) is 13.9. The van der Waals surface area contributed by atoms with Crippen molar-refractivity contribution in [3.8, 4) is 5.75 Å². The van der Waals surface area contributed by atoms with Gasteiger partial charge in [-0.05, 0) is 18.6 Å². The van der Waals surface area contributed by atoms with Gasteiger partial charge in [0.2, 0.25) is 5.89 Å². The maximum atomic E-state index is 11.5. The average molecular weight is 278 g/mol. The quantitative estimate of drug-likeness (QED) is 0.824. The Labute approximate surface area is 116 Å². The number of benzene rings is 1. The van der Waals surface area contributed by atoms with Crippen LogP contribution < -0.4 is 10.5 Å². The van der Waals surface area contributed by atoms with Gasteiger partial charge in [-0.25, -0.2) is 4.79 Å². The highest BCUT2D eigenvalue weighted by Crippen LogP contribution is 2.08. The van der Waals surface area contributed by atoms with Crippen LogP contribution in [-0.2, 0) is 13.0 Å². The molecular weight excluding hydrogens is 260 g/mol. The van der Waals surface area contributed by atoms with Gasteiger partial charge in [-0.15, -0.1) is 5.10 Å². The van der Waals surface area contributed by atoms with E-state index >= 15 is 0 Å². The lowest BCUT2D eigenvalue weighted by atomic mass is 10.3. The van der Waals surface area contributed by atoms with Gasteiger partial charge in [-0.1, -0.05) is 25.1 Å². The Morgan fingerprint density at radius 1 is 1.40 bits per heavy atom. The Hall–Kier alpha value is -2.08. The maximum Gasteiger partial charge on any atom is 0.437 e. The molecule has 0 radical (unpaired) electrons. The summed E-state index contributed by atoms with van der Waals surface area (Å²) in [6.45, 7) is 2.12. The minimum Gasteiger partial charge on any atom is -0.491 e. The molecule has 0 amide bonds. The molecule has 0 aliphatic heterocycles. The molecule has 2 aromatic rings. The summed E-state index contributed by atoms with van der Waals surface area (Å²) in [5.41, 5.74) is 0. The Bertz CT molecular complexity index is 576. The summed E-state index contributed by atoms with van der Waals surface area (Å²) in [7, 11) is 0. The molecule has 0 unspecified atom stereocenters. The van der Waals surface area contributed by atoms with E-state index in [-0.39, 0.29) is 13.2 Å². The number of hydrogen-bond acceptors (Lipinski definition) is 5. The Morgan fingerprint density at radius 2 is 2.15 bits per heavy atom. The number of aryl methyl sites for hydroxylation is 1. The van der Waals surface area contributed by atoms with E-state index in [9.17, 15) is 9.90 Å². The number of para-hydroxylation sites is 1. The molecule has 6 nitrogen and oxygen atoms in total. The lowest BCUT2D eigenvalue weighted by Gasteiger charge is -2.11. The molecule has 1 heterocycles. The number of aliphatic hydroxyl groups excluding tert-OH is 1. The molecule has 6 heteroatoms. The van der Waals surface area contributed by atoms with Gasteiger partial charge in [0.25, 0.3) is 0 Å². The predicted octanol–water partition coefficient (Wildman–Crippen LogP) is 1.23. The van der Waals surface area contributed by atoms with Gasteiger partial charge in [0.1, 0.15) is 18.5 Å². The van der Waals surface area contributed by atoms with E-state index < -0.39 is 11.9 Å². The van der Waals surface area contributed by atoms with Crippen LogP contribution in [0, 0.1) is 0 Å². The van der Waals surface area contributed by atoms with Gasteiger partial charge in [0, 0.05) is 6.42 Å². The lowest BCUT2D eigenvalue weighted by molar-refractivity contribution is 0.0875. The third-order valence-electron chi connectivity index (χ3n) is 2.68. The highest BCUT2D eigenvalue weighted by atomic mass is 16.5. The summed E-state index contributed by atoms with van der Waals surface area (Å²) in [4.78, 5) is 11.5. The maximum absolute atomic E-state index is 11.5. The number of aromatic nitrogens is 2. The van der Waals surface area contributed by atoms with Crippen LogP contribution in [0.4, 0.5) is 0 Å². The first kappa shape index (κ1) is 14.3. The largest absolute Gasteiger partial charge is 0.491 e. The van der Waals surface area contributed by atoms with E-state index in [0.29, 0.717) is 18.1 Å². The summed E-state index contributed by atoms with van der Waals surface area (Å²) < 4.78 is 11.5. The van der Waals surface area contributed by atoms with E-state index in [1.54, 1.807) is 12.1 Å². The van der Waals surface area contributed by atoms with Crippen molar-refractivity contribution in [2.24, 2.45) is 0 Å². The number of rotatable bonds is 7. The minimum atomic E-state index is -0.826. The third kappa shape index (κ3) is 3.96. The van der Waals surface area contributed by atoms with Crippen LogP contribution in [0.5, 0.6) is 5.75 Å². The van der Waals surface area contributed by atoms with Crippen molar-refractivity contribution < 1.29 is 14.3 Å².